The van der Waals surface area contributed by atoms with E-state index in [0.717, 1.165) is 66.4 Å². The molecule has 8 aromatic carbocycles. The minimum absolute atomic E-state index is 0.589. The van der Waals surface area contributed by atoms with Crippen molar-refractivity contribution in [1.82, 2.24) is 19.9 Å². The van der Waals surface area contributed by atoms with Gasteiger partial charge in [-0.2, -0.15) is 0 Å². The number of hydrogen-bond donors (Lipinski definition) is 0. The Morgan fingerprint density at radius 3 is 1.49 bits per heavy atom. The zero-order valence-electron chi connectivity index (χ0n) is 29.7. The summed E-state index contributed by atoms with van der Waals surface area (Å²) in [5.41, 5.74) is 11.9. The first kappa shape index (κ1) is 32.2. The monoisotopic (exact) mass is 704 g/mol. The molecular weight excluding hydrogens is 673 g/mol. The summed E-state index contributed by atoms with van der Waals surface area (Å²) in [6.45, 7) is 0. The van der Waals surface area contributed by atoms with Gasteiger partial charge in [0.2, 0.25) is 5.89 Å². The van der Waals surface area contributed by atoms with Gasteiger partial charge in [0.25, 0.3) is 0 Å². The minimum atomic E-state index is 0.589. The lowest BCUT2D eigenvalue weighted by Crippen LogP contribution is -2.01. The molecule has 5 heteroatoms. The largest absolute Gasteiger partial charge is 0.435 e. The van der Waals surface area contributed by atoms with Crippen molar-refractivity contribution in [3.05, 3.63) is 194 Å². The molecule has 5 nitrogen and oxygen atoms in total. The summed E-state index contributed by atoms with van der Waals surface area (Å²) in [6.07, 6.45) is 0. The number of hydrogen-bond acceptors (Lipinski definition) is 5. The number of benzene rings is 8. The fourth-order valence-electron chi connectivity index (χ4n) is 7.26. The third-order valence-electron chi connectivity index (χ3n) is 9.99. The first-order valence-corrected chi connectivity index (χ1v) is 18.3. The molecule has 2 heterocycles. The summed E-state index contributed by atoms with van der Waals surface area (Å²) in [7, 11) is 0. The SMILES string of the molecule is c1ccc(-c2cccc(-c3ccc(-c4nc(-c5ccccc5)nc(-c5ccccc5-c5cccc6ccc7nc(-c8ccccc8)oc7c56)n4)cc3)c2)cc1. The highest BCUT2D eigenvalue weighted by Gasteiger charge is 2.19. The van der Waals surface area contributed by atoms with Crippen molar-refractivity contribution in [2.24, 2.45) is 0 Å². The maximum atomic E-state index is 6.55. The van der Waals surface area contributed by atoms with E-state index >= 15 is 0 Å². The van der Waals surface area contributed by atoms with Gasteiger partial charge in [0.05, 0.1) is 0 Å². The van der Waals surface area contributed by atoms with Crippen LogP contribution in [0.2, 0.25) is 0 Å². The molecule has 2 aromatic heterocycles. The van der Waals surface area contributed by atoms with Crippen LogP contribution in [0.1, 0.15) is 0 Å². The number of nitrogens with zero attached hydrogens (tertiary/aromatic N) is 4. The Morgan fingerprint density at radius 1 is 0.309 bits per heavy atom. The van der Waals surface area contributed by atoms with Gasteiger partial charge in [0, 0.05) is 27.6 Å². The zero-order valence-corrected chi connectivity index (χ0v) is 29.7. The fraction of sp³-hybridized carbons (Fsp3) is 0. The van der Waals surface area contributed by atoms with E-state index in [0.29, 0.717) is 23.4 Å². The van der Waals surface area contributed by atoms with Gasteiger partial charge in [-0.15, -0.1) is 0 Å². The van der Waals surface area contributed by atoms with Crippen molar-refractivity contribution in [1.29, 1.82) is 0 Å². The molecule has 10 rings (SSSR count). The average Bonchev–Trinajstić information content (AvgIpc) is 3.72. The Morgan fingerprint density at radius 2 is 0.800 bits per heavy atom. The van der Waals surface area contributed by atoms with E-state index in [1.807, 2.05) is 78.9 Å². The van der Waals surface area contributed by atoms with Crippen LogP contribution >= 0.6 is 0 Å². The van der Waals surface area contributed by atoms with Gasteiger partial charge in [-0.25, -0.2) is 19.9 Å². The van der Waals surface area contributed by atoms with E-state index in [1.54, 1.807) is 0 Å². The minimum Gasteiger partial charge on any atom is -0.435 e. The molecule has 10 aromatic rings. The third-order valence-corrected chi connectivity index (χ3v) is 9.99. The molecule has 258 valence electrons. The molecule has 0 unspecified atom stereocenters. The highest BCUT2D eigenvalue weighted by molar-refractivity contribution is 6.12. The van der Waals surface area contributed by atoms with E-state index in [1.165, 1.54) is 11.1 Å². The van der Waals surface area contributed by atoms with Crippen LogP contribution in [0.15, 0.2) is 199 Å². The Labute approximate surface area is 318 Å². The molecule has 0 radical (unpaired) electrons. The molecule has 0 amide bonds. The van der Waals surface area contributed by atoms with Crippen LogP contribution in [0, 0.1) is 0 Å². The lowest BCUT2D eigenvalue weighted by molar-refractivity contribution is 0.623. The molecule has 0 aliphatic heterocycles. The Hall–Kier alpha value is -7.50. The second kappa shape index (κ2) is 13.8. The molecule has 0 aliphatic rings. The van der Waals surface area contributed by atoms with Gasteiger partial charge in [0.15, 0.2) is 23.1 Å². The summed E-state index contributed by atoms with van der Waals surface area (Å²) in [6, 6.07) is 66.4. The van der Waals surface area contributed by atoms with Gasteiger partial charge in [-0.1, -0.05) is 170 Å². The second-order valence-electron chi connectivity index (χ2n) is 13.4. The van der Waals surface area contributed by atoms with Crippen molar-refractivity contribution in [2.45, 2.75) is 0 Å². The van der Waals surface area contributed by atoms with Crippen LogP contribution < -0.4 is 0 Å². The Kier molecular flexibility index (Phi) is 8.08. The topological polar surface area (TPSA) is 64.7 Å². The molecule has 0 spiro atoms. The number of fused-ring (bicyclic) bond motifs is 3. The van der Waals surface area contributed by atoms with Crippen molar-refractivity contribution < 1.29 is 4.42 Å². The van der Waals surface area contributed by atoms with Crippen molar-refractivity contribution in [3.63, 3.8) is 0 Å². The molecule has 55 heavy (non-hydrogen) atoms. The van der Waals surface area contributed by atoms with Crippen LogP contribution in [-0.4, -0.2) is 19.9 Å². The van der Waals surface area contributed by atoms with Crippen LogP contribution in [0.3, 0.4) is 0 Å². The Balaban J connectivity index is 1.10. The van der Waals surface area contributed by atoms with Gasteiger partial charge in [0.1, 0.15) is 5.52 Å². The number of oxazole rings is 1. The zero-order chi connectivity index (χ0) is 36.6. The summed E-state index contributed by atoms with van der Waals surface area (Å²) < 4.78 is 6.55. The molecule has 0 N–H and O–H groups in total. The summed E-state index contributed by atoms with van der Waals surface area (Å²) in [5.74, 6) is 2.39. The summed E-state index contributed by atoms with van der Waals surface area (Å²) in [5, 5.41) is 2.05. The van der Waals surface area contributed by atoms with Crippen LogP contribution in [0.4, 0.5) is 0 Å². The maximum Gasteiger partial charge on any atom is 0.227 e. The van der Waals surface area contributed by atoms with E-state index in [-0.39, 0.29) is 0 Å². The van der Waals surface area contributed by atoms with Crippen LogP contribution in [0.5, 0.6) is 0 Å². The maximum absolute atomic E-state index is 6.55. The molecular formula is C50H32N4O. The van der Waals surface area contributed by atoms with E-state index in [9.17, 15) is 0 Å². The lowest BCUT2D eigenvalue weighted by Gasteiger charge is -2.14. The van der Waals surface area contributed by atoms with E-state index in [4.69, 9.17) is 24.4 Å². The smallest absolute Gasteiger partial charge is 0.227 e. The van der Waals surface area contributed by atoms with Crippen molar-refractivity contribution >= 4 is 21.9 Å². The van der Waals surface area contributed by atoms with Gasteiger partial charge < -0.3 is 4.42 Å². The molecule has 0 atom stereocenters. The average molecular weight is 705 g/mol. The number of aromatic nitrogens is 4. The van der Waals surface area contributed by atoms with Gasteiger partial charge >= 0.3 is 0 Å². The molecule has 0 fully saturated rings. The standard InChI is InChI=1S/C50H32N4O/c1-4-14-33(15-5-1)39-21-12-22-40(32-39)34-26-28-37(29-27-34)48-52-47(36-16-6-2-7-17-36)53-49(54-48)43-24-11-10-23-41(43)42-25-13-20-35-30-31-44-46(45(35)42)55-50(51-44)38-18-8-3-9-19-38/h1-32H. The molecule has 0 bridgehead atoms. The fourth-order valence-corrected chi connectivity index (χ4v) is 7.26. The molecule has 0 aliphatic carbocycles. The quantitative estimate of drug-likeness (QED) is 0.165. The van der Waals surface area contributed by atoms with Gasteiger partial charge in [-0.3, -0.25) is 0 Å². The molecule has 0 saturated heterocycles. The lowest BCUT2D eigenvalue weighted by atomic mass is 9.93. The van der Waals surface area contributed by atoms with Crippen LogP contribution in [0.25, 0.3) is 101 Å². The third kappa shape index (κ3) is 6.14. The predicted molar refractivity (Wildman–Crippen MR) is 223 cm³/mol. The first-order valence-electron chi connectivity index (χ1n) is 18.3. The van der Waals surface area contributed by atoms with Crippen molar-refractivity contribution in [2.75, 3.05) is 0 Å². The highest BCUT2D eigenvalue weighted by Crippen LogP contribution is 2.40. The van der Waals surface area contributed by atoms with E-state index in [2.05, 4.69) is 115 Å². The van der Waals surface area contributed by atoms with Crippen molar-refractivity contribution in [3.8, 4) is 79.0 Å². The highest BCUT2D eigenvalue weighted by atomic mass is 16.3. The second-order valence-corrected chi connectivity index (χ2v) is 13.4. The normalized spacial score (nSPS) is 11.3. The summed E-state index contributed by atoms with van der Waals surface area (Å²) >= 11 is 0. The van der Waals surface area contributed by atoms with E-state index < -0.39 is 0 Å². The van der Waals surface area contributed by atoms with Gasteiger partial charge in [-0.05, 0) is 63.0 Å². The molecule has 0 saturated carbocycles. The number of rotatable bonds is 7. The Bertz CT molecular complexity index is 2960. The first-order chi connectivity index (χ1) is 27.2. The predicted octanol–water partition coefficient (Wildman–Crippen LogP) is 12.8. The summed E-state index contributed by atoms with van der Waals surface area (Å²) in [4.78, 5) is 20.2. The van der Waals surface area contributed by atoms with Crippen LogP contribution in [-0.2, 0) is 0 Å².